The highest BCUT2D eigenvalue weighted by atomic mass is 16.5. The van der Waals surface area contributed by atoms with Crippen molar-refractivity contribution in [2.75, 3.05) is 13.7 Å². The number of carbonyl (C=O) groups excluding carboxylic acids is 2. The third-order valence-electron chi connectivity index (χ3n) is 5.87. The lowest BCUT2D eigenvalue weighted by atomic mass is 10.0. The van der Waals surface area contributed by atoms with E-state index in [-0.39, 0.29) is 23.6 Å². The molecule has 1 saturated heterocycles. The highest BCUT2D eigenvalue weighted by molar-refractivity contribution is 5.98. The number of nitrogens with zero attached hydrogens (tertiary/aromatic N) is 2. The SMILES string of the molecule is COc1ncccc1-c1ccc(O)c(-c2nc3cc(C(=O)NCC4CCC(=O)N4)ccc3[nH]2)c1. The summed E-state index contributed by atoms with van der Waals surface area (Å²) in [6, 6.07) is 14.1. The zero-order valence-corrected chi connectivity index (χ0v) is 18.5. The fraction of sp³-hybridized carbons (Fsp3) is 0.200. The summed E-state index contributed by atoms with van der Waals surface area (Å²) in [5.74, 6) is 0.808. The molecule has 1 atom stereocenters. The quantitative estimate of drug-likeness (QED) is 0.352. The number of benzene rings is 2. The van der Waals surface area contributed by atoms with Crippen molar-refractivity contribution in [2.45, 2.75) is 18.9 Å². The van der Waals surface area contributed by atoms with Gasteiger partial charge in [-0.2, -0.15) is 0 Å². The second kappa shape index (κ2) is 8.86. The van der Waals surface area contributed by atoms with E-state index in [2.05, 4.69) is 25.6 Å². The number of carbonyl (C=O) groups is 2. The lowest BCUT2D eigenvalue weighted by Gasteiger charge is -2.11. The predicted octanol–water partition coefficient (Wildman–Crippen LogP) is 3.01. The topological polar surface area (TPSA) is 129 Å². The average molecular weight is 457 g/mol. The van der Waals surface area contributed by atoms with Crippen LogP contribution in [0.15, 0.2) is 54.7 Å². The highest BCUT2D eigenvalue weighted by Crippen LogP contribution is 2.35. The van der Waals surface area contributed by atoms with Gasteiger partial charge in [-0.25, -0.2) is 9.97 Å². The molecule has 5 rings (SSSR count). The molecule has 0 aliphatic carbocycles. The molecule has 2 amide bonds. The molecule has 1 aliphatic rings. The number of ether oxygens (including phenoxy) is 1. The zero-order valence-electron chi connectivity index (χ0n) is 18.5. The van der Waals surface area contributed by atoms with Gasteiger partial charge in [-0.05, 0) is 54.4 Å². The molecule has 0 bridgehead atoms. The van der Waals surface area contributed by atoms with Crippen LogP contribution >= 0.6 is 0 Å². The minimum atomic E-state index is -0.235. The maximum Gasteiger partial charge on any atom is 0.251 e. The van der Waals surface area contributed by atoms with E-state index >= 15 is 0 Å². The van der Waals surface area contributed by atoms with Gasteiger partial charge in [0.15, 0.2) is 0 Å². The van der Waals surface area contributed by atoms with Crippen LogP contribution in [0.25, 0.3) is 33.5 Å². The maximum atomic E-state index is 12.6. The lowest BCUT2D eigenvalue weighted by molar-refractivity contribution is -0.119. The summed E-state index contributed by atoms with van der Waals surface area (Å²) in [4.78, 5) is 36.0. The molecule has 0 radical (unpaired) electrons. The number of amides is 2. The fourth-order valence-corrected chi connectivity index (χ4v) is 4.09. The largest absolute Gasteiger partial charge is 0.507 e. The number of fused-ring (bicyclic) bond motifs is 1. The van der Waals surface area contributed by atoms with Gasteiger partial charge in [0.2, 0.25) is 11.8 Å². The Hall–Kier alpha value is -4.40. The molecule has 4 N–H and O–H groups in total. The first-order valence-electron chi connectivity index (χ1n) is 10.9. The number of phenolic OH excluding ortho intramolecular Hbond substituents is 1. The fourth-order valence-electron chi connectivity index (χ4n) is 4.09. The highest BCUT2D eigenvalue weighted by Gasteiger charge is 2.21. The Morgan fingerprint density at radius 3 is 2.88 bits per heavy atom. The Bertz CT molecular complexity index is 1400. The van der Waals surface area contributed by atoms with E-state index in [0.717, 1.165) is 16.6 Å². The third kappa shape index (κ3) is 4.15. The van der Waals surface area contributed by atoms with E-state index in [4.69, 9.17) is 4.74 Å². The van der Waals surface area contributed by atoms with Gasteiger partial charge in [-0.15, -0.1) is 0 Å². The number of hydrogen-bond donors (Lipinski definition) is 4. The Kier molecular flexibility index (Phi) is 5.59. The normalized spacial score (nSPS) is 15.3. The molecule has 1 unspecified atom stereocenters. The number of imidazole rings is 1. The minimum absolute atomic E-state index is 0.0130. The van der Waals surface area contributed by atoms with Gasteiger partial charge >= 0.3 is 0 Å². The summed E-state index contributed by atoms with van der Waals surface area (Å²) in [5.41, 5.74) is 3.92. The first-order chi connectivity index (χ1) is 16.5. The number of methoxy groups -OCH3 is 1. The van der Waals surface area contributed by atoms with Crippen molar-refractivity contribution in [1.29, 1.82) is 0 Å². The van der Waals surface area contributed by atoms with Crippen molar-refractivity contribution in [3.63, 3.8) is 0 Å². The number of pyridine rings is 1. The number of phenols is 1. The van der Waals surface area contributed by atoms with Crippen molar-refractivity contribution < 1.29 is 19.4 Å². The number of H-pyrrole nitrogens is 1. The summed E-state index contributed by atoms with van der Waals surface area (Å²) in [7, 11) is 1.56. The number of hydrogen-bond acceptors (Lipinski definition) is 6. The smallest absolute Gasteiger partial charge is 0.251 e. The van der Waals surface area contributed by atoms with E-state index in [1.54, 1.807) is 43.6 Å². The van der Waals surface area contributed by atoms with Crippen LogP contribution in [-0.4, -0.2) is 51.6 Å². The standard InChI is InChI=1S/C25H23N5O4/c1-34-25-17(3-2-10-26-25)14-5-8-21(31)18(11-14)23-29-19-7-4-15(12-20(19)30-23)24(33)27-13-16-6-9-22(32)28-16/h2-5,7-8,10-12,16,31H,6,9,13H2,1H3,(H,27,33)(H,28,32)(H,29,30). The molecule has 3 heterocycles. The summed E-state index contributed by atoms with van der Waals surface area (Å²) >= 11 is 0. The summed E-state index contributed by atoms with van der Waals surface area (Å²) in [6.45, 7) is 0.382. The lowest BCUT2D eigenvalue weighted by Crippen LogP contribution is -2.38. The van der Waals surface area contributed by atoms with Crippen LogP contribution in [0.3, 0.4) is 0 Å². The van der Waals surface area contributed by atoms with E-state index in [1.165, 1.54) is 0 Å². The van der Waals surface area contributed by atoms with Crippen molar-refractivity contribution in [1.82, 2.24) is 25.6 Å². The molecule has 9 nitrogen and oxygen atoms in total. The number of nitrogens with one attached hydrogen (secondary N) is 3. The van der Waals surface area contributed by atoms with Crippen LogP contribution in [0.2, 0.25) is 0 Å². The summed E-state index contributed by atoms with van der Waals surface area (Å²) < 4.78 is 5.36. The number of aromatic hydroxyl groups is 1. The molecular formula is C25H23N5O4. The Labute approximate surface area is 195 Å². The van der Waals surface area contributed by atoms with Gasteiger partial charge in [0.05, 0.1) is 23.7 Å². The maximum absolute atomic E-state index is 12.6. The first kappa shape index (κ1) is 21.4. The zero-order chi connectivity index (χ0) is 23.7. The predicted molar refractivity (Wildman–Crippen MR) is 126 cm³/mol. The summed E-state index contributed by atoms with van der Waals surface area (Å²) in [5, 5.41) is 16.2. The molecule has 4 aromatic rings. The average Bonchev–Trinajstić information content (AvgIpc) is 3.48. The van der Waals surface area contributed by atoms with Gasteiger partial charge in [-0.1, -0.05) is 6.07 Å². The van der Waals surface area contributed by atoms with Gasteiger partial charge < -0.3 is 25.5 Å². The van der Waals surface area contributed by atoms with Crippen molar-refractivity contribution in [3.8, 4) is 34.1 Å². The molecule has 1 aliphatic heterocycles. The number of aromatic amines is 1. The minimum Gasteiger partial charge on any atom is -0.507 e. The first-order valence-corrected chi connectivity index (χ1v) is 10.9. The molecular weight excluding hydrogens is 434 g/mol. The van der Waals surface area contributed by atoms with Gasteiger partial charge in [0.25, 0.3) is 5.91 Å². The molecule has 0 spiro atoms. The van der Waals surface area contributed by atoms with Crippen molar-refractivity contribution in [3.05, 3.63) is 60.3 Å². The Balaban J connectivity index is 1.41. The second-order valence-electron chi connectivity index (χ2n) is 8.12. The Morgan fingerprint density at radius 2 is 2.09 bits per heavy atom. The molecule has 9 heteroatoms. The van der Waals surface area contributed by atoms with Crippen LogP contribution in [0.4, 0.5) is 0 Å². The van der Waals surface area contributed by atoms with E-state index in [0.29, 0.717) is 47.7 Å². The van der Waals surface area contributed by atoms with Gasteiger partial charge in [0.1, 0.15) is 11.6 Å². The second-order valence-corrected chi connectivity index (χ2v) is 8.12. The van der Waals surface area contributed by atoms with Crippen LogP contribution in [0, 0.1) is 0 Å². The van der Waals surface area contributed by atoms with Crippen LogP contribution in [-0.2, 0) is 4.79 Å². The van der Waals surface area contributed by atoms with Gasteiger partial charge in [0, 0.05) is 36.3 Å². The third-order valence-corrected chi connectivity index (χ3v) is 5.87. The molecule has 2 aromatic carbocycles. The van der Waals surface area contributed by atoms with Crippen LogP contribution < -0.4 is 15.4 Å². The summed E-state index contributed by atoms with van der Waals surface area (Å²) in [6.07, 6.45) is 2.86. The molecule has 34 heavy (non-hydrogen) atoms. The Morgan fingerprint density at radius 1 is 1.21 bits per heavy atom. The molecule has 172 valence electrons. The molecule has 0 saturated carbocycles. The van der Waals surface area contributed by atoms with Crippen molar-refractivity contribution >= 4 is 22.8 Å². The monoisotopic (exact) mass is 457 g/mol. The number of aromatic nitrogens is 3. The van der Waals surface area contributed by atoms with Crippen LogP contribution in [0.1, 0.15) is 23.2 Å². The molecule has 2 aromatic heterocycles. The van der Waals surface area contributed by atoms with E-state index in [9.17, 15) is 14.7 Å². The van der Waals surface area contributed by atoms with Crippen molar-refractivity contribution in [2.24, 2.45) is 0 Å². The van der Waals surface area contributed by atoms with Crippen LogP contribution in [0.5, 0.6) is 11.6 Å². The molecule has 1 fully saturated rings. The number of rotatable bonds is 6. The van der Waals surface area contributed by atoms with E-state index in [1.807, 2.05) is 18.2 Å². The van der Waals surface area contributed by atoms with E-state index < -0.39 is 0 Å². The van der Waals surface area contributed by atoms with Gasteiger partial charge in [-0.3, -0.25) is 9.59 Å².